The summed E-state index contributed by atoms with van der Waals surface area (Å²) in [6, 6.07) is 4.83. The maximum Gasteiger partial charge on any atom is 0.248 e. The molecule has 1 saturated carbocycles. The molecule has 2 aliphatic rings. The van der Waals surface area contributed by atoms with Gasteiger partial charge in [0.25, 0.3) is 0 Å². The highest BCUT2D eigenvalue weighted by Gasteiger charge is 2.65. The fraction of sp³-hybridized carbons (Fsp3) is 0.429. The number of likely N-dealkylation sites (tertiary alicyclic amines) is 1. The third kappa shape index (κ3) is 6.60. The van der Waals surface area contributed by atoms with E-state index in [1.807, 2.05) is 18.2 Å². The van der Waals surface area contributed by atoms with E-state index in [1.165, 1.54) is 30.9 Å². The van der Waals surface area contributed by atoms with Gasteiger partial charge in [0.1, 0.15) is 34.5 Å². The molecular formula is C35H39BrN8O3. The molecule has 4 aromatic rings. The Labute approximate surface area is 282 Å². The van der Waals surface area contributed by atoms with Gasteiger partial charge in [-0.2, -0.15) is 5.10 Å². The van der Waals surface area contributed by atoms with E-state index < -0.39 is 6.04 Å². The molecule has 0 unspecified atom stereocenters. The van der Waals surface area contributed by atoms with E-state index in [-0.39, 0.29) is 41.3 Å². The molecule has 0 radical (unpaired) electrons. The van der Waals surface area contributed by atoms with Crippen LogP contribution in [0.2, 0.25) is 0 Å². The molecule has 3 atom stereocenters. The Balaban J connectivity index is 1.24. The number of anilines is 1. The number of hydrogen-bond acceptors (Lipinski definition) is 8. The van der Waals surface area contributed by atoms with E-state index in [4.69, 9.17) is 0 Å². The summed E-state index contributed by atoms with van der Waals surface area (Å²) >= 11 is 3.45. The predicted molar refractivity (Wildman–Crippen MR) is 183 cm³/mol. The highest BCUT2D eigenvalue weighted by Crippen LogP contribution is 2.60. The van der Waals surface area contributed by atoms with Crippen LogP contribution in [0.25, 0.3) is 22.2 Å². The Morgan fingerprint density at radius 3 is 2.57 bits per heavy atom. The summed E-state index contributed by atoms with van der Waals surface area (Å²) in [6.07, 6.45) is 14.6. The van der Waals surface area contributed by atoms with Crippen LogP contribution >= 0.6 is 15.9 Å². The van der Waals surface area contributed by atoms with E-state index in [0.29, 0.717) is 44.8 Å². The molecule has 2 amide bonds. The van der Waals surface area contributed by atoms with Crippen LogP contribution in [0.5, 0.6) is 0 Å². The number of aromatic nitrogens is 6. The zero-order valence-corrected chi connectivity index (χ0v) is 28.6. The van der Waals surface area contributed by atoms with E-state index >= 15 is 0 Å². The van der Waals surface area contributed by atoms with Crippen molar-refractivity contribution in [2.75, 3.05) is 5.32 Å². The molecule has 2 fully saturated rings. The van der Waals surface area contributed by atoms with Crippen LogP contribution < -0.4 is 5.32 Å². The number of halogens is 1. The number of aryl methyl sites for hydroxylation is 2. The molecule has 244 valence electrons. The minimum Gasteiger partial charge on any atom is -0.325 e. The molecule has 1 aliphatic carbocycles. The molecule has 6 rings (SSSR count). The van der Waals surface area contributed by atoms with Gasteiger partial charge in [-0.15, -0.1) is 6.58 Å². The number of hydrogen-bond donors (Lipinski definition) is 1. The number of pyridine rings is 2. The van der Waals surface area contributed by atoms with Gasteiger partial charge in [-0.25, -0.2) is 15.0 Å². The number of carbonyl (C=O) groups is 3. The first-order chi connectivity index (χ1) is 22.6. The number of piperidine rings is 1. The zero-order chi connectivity index (χ0) is 33.3. The van der Waals surface area contributed by atoms with Crippen LogP contribution in [0.15, 0.2) is 54.0 Å². The highest BCUT2D eigenvalue weighted by atomic mass is 79.9. The number of carbonyl (C=O) groups excluding carboxylic acids is 3. The average Bonchev–Trinajstić information content (AvgIpc) is 3.49. The van der Waals surface area contributed by atoms with Gasteiger partial charge in [-0.3, -0.25) is 24.0 Å². The Hall–Kier alpha value is -4.32. The third-order valence-electron chi connectivity index (χ3n) is 9.39. The number of Topliss-reactive ketones (excluding diaryl/α,β-unsaturated/α-hetero) is 1. The van der Waals surface area contributed by atoms with Crippen LogP contribution in [-0.4, -0.2) is 64.3 Å². The van der Waals surface area contributed by atoms with E-state index in [9.17, 15) is 14.4 Å². The van der Waals surface area contributed by atoms with Crippen molar-refractivity contribution in [2.45, 2.75) is 90.8 Å². The van der Waals surface area contributed by atoms with Crippen molar-refractivity contribution in [3.8, 4) is 11.3 Å². The van der Waals surface area contributed by atoms with Gasteiger partial charge >= 0.3 is 0 Å². The first-order valence-electron chi connectivity index (χ1n) is 16.2. The van der Waals surface area contributed by atoms with Gasteiger partial charge < -0.3 is 10.2 Å². The Morgan fingerprint density at radius 1 is 1.09 bits per heavy atom. The van der Waals surface area contributed by atoms with Gasteiger partial charge in [0.05, 0.1) is 17.4 Å². The van der Waals surface area contributed by atoms with Crippen molar-refractivity contribution in [3.63, 3.8) is 0 Å². The molecule has 4 aromatic heterocycles. The number of nitrogens with one attached hydrogen (secondary N) is 1. The molecule has 12 heteroatoms. The average molecular weight is 700 g/mol. The second-order valence-corrected chi connectivity index (χ2v) is 13.5. The van der Waals surface area contributed by atoms with Crippen LogP contribution in [0.3, 0.4) is 0 Å². The fourth-order valence-electron chi connectivity index (χ4n) is 6.68. The number of unbranched alkanes of at least 4 members (excludes halogenated alkanes) is 4. The molecule has 1 saturated heterocycles. The summed E-state index contributed by atoms with van der Waals surface area (Å²) in [5.74, 6) is 0.399. The Morgan fingerprint density at radius 2 is 1.85 bits per heavy atom. The summed E-state index contributed by atoms with van der Waals surface area (Å²) in [7, 11) is 0. The smallest absolute Gasteiger partial charge is 0.248 e. The topological polar surface area (TPSA) is 136 Å². The second-order valence-electron chi connectivity index (χ2n) is 12.6. The number of ketones is 1. The molecule has 0 aromatic carbocycles. The Kier molecular flexibility index (Phi) is 9.32. The summed E-state index contributed by atoms with van der Waals surface area (Å²) in [5, 5.41) is 8.18. The predicted octanol–water partition coefficient (Wildman–Crippen LogP) is 6.25. The number of fused-ring (bicyclic) bond motifs is 2. The largest absolute Gasteiger partial charge is 0.325 e. The lowest BCUT2D eigenvalue weighted by Gasteiger charge is -2.27. The standard InChI is InChI=1S/C35H39BrN8O3/c1-5-7-8-9-10-11-23-12-13-30(36)40-33(23)41-34(47)27-15-35(6-2)16-29(35)44(27)31(46)20-43-28-19-39-26(24-17-37-22(4)38-18-24)14-25(28)32(42-43)21(3)45/h6,12-14,17-19,27,29H,2,5,7-11,15-16,20H2,1,3-4H3,(H,40,41,47)/t27-,29+,35-/m0/s1. The van der Waals surface area contributed by atoms with E-state index in [2.05, 4.69) is 59.8 Å². The monoisotopic (exact) mass is 698 g/mol. The third-order valence-corrected chi connectivity index (χ3v) is 9.83. The number of nitrogens with zero attached hydrogens (tertiary/aromatic N) is 7. The molecule has 1 N–H and O–H groups in total. The lowest BCUT2D eigenvalue weighted by molar-refractivity contribution is -0.138. The summed E-state index contributed by atoms with van der Waals surface area (Å²) < 4.78 is 2.14. The molecular weight excluding hydrogens is 660 g/mol. The molecule has 1 aliphatic heterocycles. The molecule has 11 nitrogen and oxygen atoms in total. The van der Waals surface area contributed by atoms with Crippen molar-refractivity contribution in [2.24, 2.45) is 5.41 Å². The zero-order valence-electron chi connectivity index (χ0n) is 27.0. The molecule has 0 bridgehead atoms. The number of amides is 2. The fourth-order valence-corrected chi connectivity index (χ4v) is 6.99. The molecule has 47 heavy (non-hydrogen) atoms. The lowest BCUT2D eigenvalue weighted by atomic mass is 9.99. The van der Waals surface area contributed by atoms with Crippen LogP contribution in [0, 0.1) is 12.3 Å². The van der Waals surface area contributed by atoms with Gasteiger partial charge in [0, 0.05) is 41.7 Å². The van der Waals surface area contributed by atoms with Crippen molar-refractivity contribution in [1.29, 1.82) is 0 Å². The summed E-state index contributed by atoms with van der Waals surface area (Å²) in [6.45, 7) is 9.33. The van der Waals surface area contributed by atoms with Crippen molar-refractivity contribution < 1.29 is 14.4 Å². The first-order valence-corrected chi connectivity index (χ1v) is 17.0. The SMILES string of the molecule is C=C[C@@]12C[C@@H](C(=O)Nc3nc(Br)ccc3CCCCCCC)N(C(=O)Cn3nc(C(C)=O)c4cc(-c5cnc(C)nc5)ncc43)[C@@H]1C2. The van der Waals surface area contributed by atoms with Gasteiger partial charge in [-0.1, -0.05) is 44.7 Å². The second kappa shape index (κ2) is 13.4. The van der Waals surface area contributed by atoms with E-state index in [1.54, 1.807) is 36.5 Å². The first kappa shape index (κ1) is 32.6. The van der Waals surface area contributed by atoms with Crippen LogP contribution in [0.4, 0.5) is 5.82 Å². The van der Waals surface area contributed by atoms with Gasteiger partial charge in [0.15, 0.2) is 5.78 Å². The maximum absolute atomic E-state index is 14.1. The summed E-state index contributed by atoms with van der Waals surface area (Å²) in [4.78, 5) is 60.0. The highest BCUT2D eigenvalue weighted by molar-refractivity contribution is 9.10. The molecule has 5 heterocycles. The minimum absolute atomic E-state index is 0.128. The lowest BCUT2D eigenvalue weighted by Crippen LogP contribution is -2.47. The van der Waals surface area contributed by atoms with Crippen LogP contribution in [0.1, 0.15) is 80.7 Å². The van der Waals surface area contributed by atoms with Crippen molar-refractivity contribution >= 4 is 50.2 Å². The van der Waals surface area contributed by atoms with Gasteiger partial charge in [-0.05, 0) is 66.2 Å². The maximum atomic E-state index is 14.1. The van der Waals surface area contributed by atoms with Crippen molar-refractivity contribution in [3.05, 3.63) is 71.1 Å². The minimum atomic E-state index is -0.696. The number of rotatable bonds is 13. The van der Waals surface area contributed by atoms with E-state index in [0.717, 1.165) is 31.2 Å². The van der Waals surface area contributed by atoms with Gasteiger partial charge in [0.2, 0.25) is 11.8 Å². The molecule has 0 spiro atoms. The van der Waals surface area contributed by atoms with Crippen molar-refractivity contribution in [1.82, 2.24) is 34.6 Å². The normalized spacial score (nSPS) is 19.9. The quantitative estimate of drug-likeness (QED) is 0.0749. The van der Waals surface area contributed by atoms with Crippen LogP contribution in [-0.2, 0) is 22.6 Å². The summed E-state index contributed by atoms with van der Waals surface area (Å²) in [5.41, 5.74) is 2.77. The Bertz CT molecular complexity index is 1860.